The summed E-state index contributed by atoms with van der Waals surface area (Å²) in [5.74, 6) is -1.52. The highest BCUT2D eigenvalue weighted by atomic mass is 32.2. The molecule has 4 nitrogen and oxygen atoms in total. The van der Waals surface area contributed by atoms with Crippen molar-refractivity contribution in [1.29, 1.82) is 0 Å². The summed E-state index contributed by atoms with van der Waals surface area (Å²) >= 11 is 0.960. The summed E-state index contributed by atoms with van der Waals surface area (Å²) in [5, 5.41) is 3.36. The van der Waals surface area contributed by atoms with Gasteiger partial charge < -0.3 is 5.32 Å². The number of hydrogen-bond acceptors (Lipinski definition) is 4. The number of aromatic nitrogens is 2. The van der Waals surface area contributed by atoms with Gasteiger partial charge in [-0.25, -0.2) is 9.97 Å². The van der Waals surface area contributed by atoms with Crippen LogP contribution in [0.5, 0.6) is 0 Å². The van der Waals surface area contributed by atoms with E-state index in [1.807, 2.05) is 30.3 Å². The molecule has 1 N–H and O–H groups in total. The maximum Gasteiger partial charge on any atom is 0.451 e. The van der Waals surface area contributed by atoms with Crippen molar-refractivity contribution >= 4 is 28.6 Å². The second kappa shape index (κ2) is 7.74. The number of rotatable bonds is 5. The first-order valence-corrected chi connectivity index (χ1v) is 8.69. The van der Waals surface area contributed by atoms with Gasteiger partial charge in [0.1, 0.15) is 5.03 Å². The minimum Gasteiger partial charge on any atom is -0.351 e. The highest BCUT2D eigenvalue weighted by Gasteiger charge is 2.35. The van der Waals surface area contributed by atoms with Gasteiger partial charge in [-0.2, -0.15) is 13.2 Å². The molecule has 0 spiro atoms. The molecule has 0 fully saturated rings. The topological polar surface area (TPSA) is 54.9 Å². The van der Waals surface area contributed by atoms with Crippen molar-refractivity contribution in [2.45, 2.75) is 17.7 Å². The number of nitrogens with one attached hydrogen (secondary N) is 1. The average Bonchev–Trinajstić information content (AvgIpc) is 2.64. The molecule has 0 aliphatic rings. The lowest BCUT2D eigenvalue weighted by Gasteiger charge is -2.10. The second-order valence-corrected chi connectivity index (χ2v) is 6.38. The van der Waals surface area contributed by atoms with Crippen molar-refractivity contribution in [3.63, 3.8) is 0 Å². The van der Waals surface area contributed by atoms with Gasteiger partial charge in [-0.05, 0) is 11.6 Å². The van der Waals surface area contributed by atoms with Crippen molar-refractivity contribution in [2.75, 3.05) is 5.75 Å². The Bertz CT molecular complexity index is 916. The molecule has 0 saturated carbocycles. The minimum absolute atomic E-state index is 0.0366. The zero-order chi connectivity index (χ0) is 18.6. The molecule has 26 heavy (non-hydrogen) atoms. The summed E-state index contributed by atoms with van der Waals surface area (Å²) in [4.78, 5) is 19.2. The van der Waals surface area contributed by atoms with Crippen molar-refractivity contribution in [1.82, 2.24) is 15.3 Å². The van der Waals surface area contributed by atoms with Crippen molar-refractivity contribution in [2.24, 2.45) is 0 Å². The molecule has 0 unspecified atom stereocenters. The first-order valence-electron chi connectivity index (χ1n) is 7.71. The van der Waals surface area contributed by atoms with E-state index in [0.717, 1.165) is 17.3 Å². The quantitative estimate of drug-likeness (QED) is 0.538. The summed E-state index contributed by atoms with van der Waals surface area (Å²) in [6.07, 6.45) is -4.64. The predicted octanol–water partition coefficient (Wildman–Crippen LogP) is 4.06. The number of hydrogen-bond donors (Lipinski definition) is 1. The van der Waals surface area contributed by atoms with E-state index in [1.54, 1.807) is 18.2 Å². The van der Waals surface area contributed by atoms with Crippen LogP contribution in [0.25, 0.3) is 10.9 Å². The van der Waals surface area contributed by atoms with Crippen molar-refractivity contribution in [3.05, 3.63) is 66.0 Å². The summed E-state index contributed by atoms with van der Waals surface area (Å²) < 4.78 is 39.0. The van der Waals surface area contributed by atoms with Crippen LogP contribution in [-0.2, 0) is 17.5 Å². The molecular formula is C18H14F3N3OS. The summed E-state index contributed by atoms with van der Waals surface area (Å²) in [7, 11) is 0. The highest BCUT2D eigenvalue weighted by molar-refractivity contribution is 8.00. The number of carbonyl (C=O) groups excluding carboxylic acids is 1. The molecule has 3 aromatic rings. The first kappa shape index (κ1) is 18.2. The normalized spacial score (nSPS) is 11.5. The van der Waals surface area contributed by atoms with Crippen LogP contribution in [0.2, 0.25) is 0 Å². The lowest BCUT2D eigenvalue weighted by Crippen LogP contribution is -2.24. The fraction of sp³-hybridized carbons (Fsp3) is 0.167. The lowest BCUT2D eigenvalue weighted by atomic mass is 10.2. The van der Waals surface area contributed by atoms with Gasteiger partial charge in [0.15, 0.2) is 0 Å². The molecule has 134 valence electrons. The van der Waals surface area contributed by atoms with Crippen LogP contribution in [0.15, 0.2) is 59.6 Å². The number of thioether (sulfide) groups is 1. The Morgan fingerprint density at radius 1 is 1.00 bits per heavy atom. The van der Waals surface area contributed by atoms with Crippen LogP contribution in [0, 0.1) is 0 Å². The third kappa shape index (κ3) is 4.51. The van der Waals surface area contributed by atoms with Crippen LogP contribution in [0.3, 0.4) is 0 Å². The van der Waals surface area contributed by atoms with Crippen LogP contribution in [-0.4, -0.2) is 21.6 Å². The number of carbonyl (C=O) groups is 1. The molecule has 0 aliphatic carbocycles. The molecule has 0 atom stereocenters. The van der Waals surface area contributed by atoms with E-state index in [0.29, 0.717) is 11.9 Å². The van der Waals surface area contributed by atoms with Gasteiger partial charge in [0.25, 0.3) is 0 Å². The number of alkyl halides is 3. The fourth-order valence-corrected chi connectivity index (χ4v) is 3.11. The number of amides is 1. The second-order valence-electron chi connectivity index (χ2n) is 5.42. The van der Waals surface area contributed by atoms with E-state index in [2.05, 4.69) is 15.3 Å². The van der Waals surface area contributed by atoms with Crippen LogP contribution >= 0.6 is 11.8 Å². The molecule has 2 aromatic carbocycles. The van der Waals surface area contributed by atoms with Crippen molar-refractivity contribution < 1.29 is 18.0 Å². The Morgan fingerprint density at radius 3 is 2.42 bits per heavy atom. The first-order chi connectivity index (χ1) is 12.4. The zero-order valence-electron chi connectivity index (χ0n) is 13.5. The van der Waals surface area contributed by atoms with E-state index >= 15 is 0 Å². The van der Waals surface area contributed by atoms with Gasteiger partial charge in [-0.1, -0.05) is 60.3 Å². The van der Waals surface area contributed by atoms with Gasteiger partial charge >= 0.3 is 6.18 Å². The molecular weight excluding hydrogens is 363 g/mol. The SMILES string of the molecule is O=C(CSc1nc(C(F)(F)F)nc2ccccc12)NCc1ccccc1. The molecule has 0 bridgehead atoms. The zero-order valence-corrected chi connectivity index (χ0v) is 14.3. The highest BCUT2D eigenvalue weighted by Crippen LogP contribution is 2.31. The smallest absolute Gasteiger partial charge is 0.351 e. The maximum absolute atomic E-state index is 13.0. The summed E-state index contributed by atoms with van der Waals surface area (Å²) in [6.45, 7) is 0.360. The average molecular weight is 377 g/mol. The summed E-state index contributed by atoms with van der Waals surface area (Å²) in [5.41, 5.74) is 1.14. The fourth-order valence-electron chi connectivity index (χ4n) is 2.27. The molecule has 1 amide bonds. The van der Waals surface area contributed by atoms with Crippen LogP contribution < -0.4 is 5.32 Å². The molecule has 0 aliphatic heterocycles. The Morgan fingerprint density at radius 2 is 1.69 bits per heavy atom. The Kier molecular flexibility index (Phi) is 5.41. The maximum atomic E-state index is 13.0. The van der Waals surface area contributed by atoms with Crippen molar-refractivity contribution in [3.8, 4) is 0 Å². The number of fused-ring (bicyclic) bond motifs is 1. The Balaban J connectivity index is 1.72. The van der Waals surface area contributed by atoms with Gasteiger partial charge in [0, 0.05) is 11.9 Å². The molecule has 3 rings (SSSR count). The van der Waals surface area contributed by atoms with Gasteiger partial charge in [0.2, 0.25) is 11.7 Å². The van der Waals surface area contributed by atoms with E-state index in [-0.39, 0.29) is 22.2 Å². The predicted molar refractivity (Wildman–Crippen MR) is 93.6 cm³/mol. The van der Waals surface area contributed by atoms with Gasteiger partial charge in [-0.15, -0.1) is 0 Å². The van der Waals surface area contributed by atoms with E-state index in [9.17, 15) is 18.0 Å². The standard InChI is InChI=1S/C18H14F3N3OS/c19-18(20,21)17-23-14-9-5-4-8-13(14)16(24-17)26-11-15(25)22-10-12-6-2-1-3-7-12/h1-9H,10-11H2,(H,22,25). The van der Waals surface area contributed by atoms with Crippen LogP contribution in [0.1, 0.15) is 11.4 Å². The Labute approximate surface area is 151 Å². The van der Waals surface area contributed by atoms with Crippen LogP contribution in [0.4, 0.5) is 13.2 Å². The largest absolute Gasteiger partial charge is 0.451 e. The molecule has 0 radical (unpaired) electrons. The number of halogens is 3. The molecule has 8 heteroatoms. The molecule has 1 aromatic heterocycles. The van der Waals surface area contributed by atoms with E-state index in [4.69, 9.17) is 0 Å². The third-order valence-corrected chi connectivity index (χ3v) is 4.49. The third-order valence-electron chi connectivity index (χ3n) is 3.49. The number of para-hydroxylation sites is 1. The molecule has 0 saturated heterocycles. The van der Waals surface area contributed by atoms with E-state index in [1.165, 1.54) is 6.07 Å². The molecule has 1 heterocycles. The van der Waals surface area contributed by atoms with E-state index < -0.39 is 12.0 Å². The Hall–Kier alpha value is -2.61. The lowest BCUT2D eigenvalue weighted by molar-refractivity contribution is -0.145. The minimum atomic E-state index is -4.64. The monoisotopic (exact) mass is 377 g/mol. The number of nitrogens with zero attached hydrogens (tertiary/aromatic N) is 2. The van der Waals surface area contributed by atoms with Gasteiger partial charge in [0.05, 0.1) is 11.3 Å². The number of benzene rings is 2. The summed E-state index contributed by atoms with van der Waals surface area (Å²) in [6, 6.07) is 15.8. The van der Waals surface area contributed by atoms with Gasteiger partial charge in [-0.3, -0.25) is 4.79 Å².